The van der Waals surface area contributed by atoms with Gasteiger partial charge in [-0.05, 0) is 13.8 Å². The Bertz CT molecular complexity index is 111. The van der Waals surface area contributed by atoms with Crippen LogP contribution in [0.2, 0.25) is 0 Å². The van der Waals surface area contributed by atoms with Gasteiger partial charge in [0.15, 0.2) is 0 Å². The second-order valence-electron chi connectivity index (χ2n) is 1.89. The summed E-state index contributed by atoms with van der Waals surface area (Å²) in [6, 6.07) is 0. The molecule has 0 fully saturated rings. The Labute approximate surface area is 44.5 Å². The van der Waals surface area contributed by atoms with Crippen LogP contribution in [0.15, 0.2) is 23.3 Å². The van der Waals surface area contributed by atoms with Gasteiger partial charge in [0, 0.05) is 6.42 Å². The second-order valence-corrected chi connectivity index (χ2v) is 1.89. The van der Waals surface area contributed by atoms with E-state index in [4.69, 9.17) is 0 Å². The molecule has 1 aliphatic rings. The summed E-state index contributed by atoms with van der Waals surface area (Å²) in [5, 5.41) is 0. The molecule has 1 rings (SSSR count). The van der Waals surface area contributed by atoms with E-state index < -0.39 is 0 Å². The summed E-state index contributed by atoms with van der Waals surface area (Å²) in [7, 11) is 0. The molecule has 0 bridgehead atoms. The van der Waals surface area contributed by atoms with Crippen LogP contribution < -0.4 is 0 Å². The molecule has 1 radical (unpaired) electrons. The van der Waals surface area contributed by atoms with Crippen molar-refractivity contribution in [3.63, 3.8) is 0 Å². The van der Waals surface area contributed by atoms with Crippen molar-refractivity contribution in [1.29, 1.82) is 0 Å². The van der Waals surface area contributed by atoms with Gasteiger partial charge in [0.05, 0.1) is 0 Å². The molecule has 0 saturated heterocycles. The van der Waals surface area contributed by atoms with Gasteiger partial charge in [-0.25, -0.2) is 0 Å². The average molecular weight is 93.1 g/mol. The lowest BCUT2D eigenvalue weighted by Crippen LogP contribution is -1.67. The van der Waals surface area contributed by atoms with Crippen LogP contribution in [0.1, 0.15) is 13.8 Å². The van der Waals surface area contributed by atoms with Crippen LogP contribution in [0.5, 0.6) is 0 Å². The Balaban J connectivity index is 2.78. The molecule has 0 unspecified atom stereocenters. The van der Waals surface area contributed by atoms with Crippen LogP contribution in [0.4, 0.5) is 0 Å². The minimum atomic E-state index is 1.39. The van der Waals surface area contributed by atoms with Crippen LogP contribution in [-0.4, -0.2) is 0 Å². The Hall–Kier alpha value is -0.520. The van der Waals surface area contributed by atoms with E-state index in [-0.39, 0.29) is 0 Å². The molecule has 0 aromatic carbocycles. The molecule has 0 heterocycles. The zero-order valence-corrected chi connectivity index (χ0v) is 4.73. The maximum atomic E-state index is 2.12. The predicted molar refractivity (Wildman–Crippen MR) is 31.8 cm³/mol. The SMILES string of the molecule is CC1=C[CH]C=C1C. The first-order chi connectivity index (χ1) is 3.30. The van der Waals surface area contributed by atoms with Crippen LogP contribution >= 0.6 is 0 Å². The molecule has 0 aromatic rings. The molecule has 0 spiro atoms. The number of rotatable bonds is 0. The fraction of sp³-hybridized carbons (Fsp3) is 0.286. The third-order valence-corrected chi connectivity index (χ3v) is 1.31. The molecule has 0 amide bonds. The first-order valence-electron chi connectivity index (χ1n) is 2.49. The Morgan fingerprint density at radius 2 is 1.43 bits per heavy atom. The minimum Gasteiger partial charge on any atom is -0.0735 e. The zero-order valence-electron chi connectivity index (χ0n) is 4.73. The van der Waals surface area contributed by atoms with E-state index in [1.54, 1.807) is 0 Å². The molecule has 0 aromatic heterocycles. The van der Waals surface area contributed by atoms with Crippen molar-refractivity contribution >= 4 is 0 Å². The van der Waals surface area contributed by atoms with Crippen molar-refractivity contribution in [1.82, 2.24) is 0 Å². The monoisotopic (exact) mass is 93.1 g/mol. The van der Waals surface area contributed by atoms with Crippen LogP contribution in [0.3, 0.4) is 0 Å². The molecule has 37 valence electrons. The van der Waals surface area contributed by atoms with Gasteiger partial charge in [-0.1, -0.05) is 23.3 Å². The summed E-state index contributed by atoms with van der Waals surface area (Å²) in [5.74, 6) is 0. The quantitative estimate of drug-likeness (QED) is 0.430. The highest BCUT2D eigenvalue weighted by atomic mass is 14.0. The summed E-state index contributed by atoms with van der Waals surface area (Å²) in [6.45, 7) is 4.24. The molecule has 7 heavy (non-hydrogen) atoms. The van der Waals surface area contributed by atoms with Crippen molar-refractivity contribution in [3.05, 3.63) is 29.7 Å². The highest BCUT2D eigenvalue weighted by Crippen LogP contribution is 2.15. The Morgan fingerprint density at radius 1 is 1.00 bits per heavy atom. The van der Waals surface area contributed by atoms with E-state index in [2.05, 4.69) is 32.4 Å². The third-order valence-electron chi connectivity index (χ3n) is 1.31. The lowest BCUT2D eigenvalue weighted by Gasteiger charge is -1.87. The van der Waals surface area contributed by atoms with E-state index in [1.807, 2.05) is 0 Å². The van der Waals surface area contributed by atoms with Crippen LogP contribution in [0, 0.1) is 6.42 Å². The second kappa shape index (κ2) is 1.53. The van der Waals surface area contributed by atoms with Gasteiger partial charge in [-0.15, -0.1) is 0 Å². The molecular formula is C7H9. The largest absolute Gasteiger partial charge is 0.0735 e. The van der Waals surface area contributed by atoms with Gasteiger partial charge < -0.3 is 0 Å². The van der Waals surface area contributed by atoms with E-state index in [0.717, 1.165) is 0 Å². The summed E-state index contributed by atoms with van der Waals surface area (Å²) >= 11 is 0. The number of hydrogen-bond donors (Lipinski definition) is 0. The minimum absolute atomic E-state index is 1.39. The molecular weight excluding hydrogens is 84.1 g/mol. The van der Waals surface area contributed by atoms with Gasteiger partial charge in [-0.2, -0.15) is 0 Å². The van der Waals surface area contributed by atoms with Gasteiger partial charge >= 0.3 is 0 Å². The van der Waals surface area contributed by atoms with E-state index in [1.165, 1.54) is 11.1 Å². The third kappa shape index (κ3) is 0.738. The standard InChI is InChI=1S/C7H9/c1-6-4-3-5-7(6)2/h3-5H,1-2H3. The number of hydrogen-bond acceptors (Lipinski definition) is 0. The molecule has 0 nitrogen and oxygen atoms in total. The van der Waals surface area contributed by atoms with E-state index >= 15 is 0 Å². The predicted octanol–water partition coefficient (Wildman–Crippen LogP) is 2.10. The lowest BCUT2D eigenvalue weighted by atomic mass is 10.2. The highest BCUT2D eigenvalue weighted by Gasteiger charge is 1.95. The fourth-order valence-electron chi connectivity index (χ4n) is 0.600. The molecule has 0 aliphatic heterocycles. The molecule has 0 atom stereocenters. The zero-order chi connectivity index (χ0) is 5.28. The first-order valence-corrected chi connectivity index (χ1v) is 2.49. The van der Waals surface area contributed by atoms with Crippen molar-refractivity contribution in [2.45, 2.75) is 13.8 Å². The van der Waals surface area contributed by atoms with Gasteiger partial charge in [0.2, 0.25) is 0 Å². The van der Waals surface area contributed by atoms with Gasteiger partial charge in [0.1, 0.15) is 0 Å². The van der Waals surface area contributed by atoms with Crippen molar-refractivity contribution < 1.29 is 0 Å². The van der Waals surface area contributed by atoms with Gasteiger partial charge in [-0.3, -0.25) is 0 Å². The fourth-order valence-corrected chi connectivity index (χ4v) is 0.600. The normalized spacial score (nSPS) is 19.1. The highest BCUT2D eigenvalue weighted by molar-refractivity contribution is 5.39. The van der Waals surface area contributed by atoms with Gasteiger partial charge in [0.25, 0.3) is 0 Å². The molecule has 0 N–H and O–H groups in total. The molecule has 0 heteroatoms. The molecule has 0 saturated carbocycles. The average Bonchev–Trinajstić information content (AvgIpc) is 1.91. The van der Waals surface area contributed by atoms with Crippen molar-refractivity contribution in [3.8, 4) is 0 Å². The van der Waals surface area contributed by atoms with Crippen molar-refractivity contribution in [2.24, 2.45) is 0 Å². The number of allylic oxidation sites excluding steroid dienone is 4. The van der Waals surface area contributed by atoms with E-state index in [9.17, 15) is 0 Å². The summed E-state index contributed by atoms with van der Waals surface area (Å²) in [4.78, 5) is 0. The lowest BCUT2D eigenvalue weighted by molar-refractivity contribution is 1.39. The smallest absolute Gasteiger partial charge is 0.00562 e. The van der Waals surface area contributed by atoms with Crippen LogP contribution in [-0.2, 0) is 0 Å². The maximum Gasteiger partial charge on any atom is 0.00562 e. The Kier molecular flexibility index (Phi) is 1.01. The van der Waals surface area contributed by atoms with Crippen LogP contribution in [0.25, 0.3) is 0 Å². The Morgan fingerprint density at radius 3 is 1.57 bits per heavy atom. The van der Waals surface area contributed by atoms with Crippen molar-refractivity contribution in [2.75, 3.05) is 0 Å². The molecule has 1 aliphatic carbocycles. The first kappa shape index (κ1) is 4.63. The maximum absolute atomic E-state index is 2.12. The van der Waals surface area contributed by atoms with E-state index in [0.29, 0.717) is 0 Å². The summed E-state index contributed by atoms with van der Waals surface area (Å²) in [5.41, 5.74) is 2.78. The summed E-state index contributed by atoms with van der Waals surface area (Å²) < 4.78 is 0. The topological polar surface area (TPSA) is 0 Å². The summed E-state index contributed by atoms with van der Waals surface area (Å²) in [6.07, 6.45) is 6.31.